The van der Waals surface area contributed by atoms with Crippen molar-refractivity contribution >= 4 is 17.6 Å². The molecule has 1 saturated heterocycles. The van der Waals surface area contributed by atoms with Gasteiger partial charge in [-0.3, -0.25) is 4.79 Å². The Morgan fingerprint density at radius 1 is 1.21 bits per heavy atom. The smallest absolute Gasteiger partial charge is 0.319 e. The quantitative estimate of drug-likeness (QED) is 0.601. The molecule has 28 heavy (non-hydrogen) atoms. The van der Waals surface area contributed by atoms with Crippen molar-refractivity contribution in [1.29, 1.82) is 0 Å². The summed E-state index contributed by atoms with van der Waals surface area (Å²) in [5.41, 5.74) is 1.68. The summed E-state index contributed by atoms with van der Waals surface area (Å²) < 4.78 is 5.41. The number of anilines is 1. The molecule has 4 N–H and O–H groups in total. The lowest BCUT2D eigenvalue weighted by Crippen LogP contribution is -2.47. The van der Waals surface area contributed by atoms with Crippen LogP contribution in [0.3, 0.4) is 0 Å². The van der Waals surface area contributed by atoms with Gasteiger partial charge in [-0.15, -0.1) is 0 Å². The predicted molar refractivity (Wildman–Crippen MR) is 112 cm³/mol. The normalized spacial score (nSPS) is 16.3. The highest BCUT2D eigenvalue weighted by atomic mass is 16.5. The molecule has 0 aliphatic carbocycles. The van der Waals surface area contributed by atoms with Crippen LogP contribution in [0.25, 0.3) is 0 Å². The van der Waals surface area contributed by atoms with Crippen molar-refractivity contribution in [2.45, 2.75) is 46.1 Å². The van der Waals surface area contributed by atoms with Gasteiger partial charge in [-0.05, 0) is 71.3 Å². The first-order valence-electron chi connectivity index (χ1n) is 9.82. The van der Waals surface area contributed by atoms with E-state index >= 15 is 0 Å². The van der Waals surface area contributed by atoms with Crippen LogP contribution in [0.1, 0.15) is 49.5 Å². The van der Waals surface area contributed by atoms with Crippen LogP contribution in [0.15, 0.2) is 18.2 Å². The van der Waals surface area contributed by atoms with Crippen molar-refractivity contribution in [2.24, 2.45) is 5.41 Å². The van der Waals surface area contributed by atoms with Crippen molar-refractivity contribution in [3.63, 3.8) is 0 Å². The lowest BCUT2D eigenvalue weighted by molar-refractivity contribution is 0.0512. The molecule has 3 amide bonds. The van der Waals surface area contributed by atoms with E-state index in [1.165, 1.54) is 0 Å². The maximum Gasteiger partial charge on any atom is 0.319 e. The monoisotopic (exact) mass is 390 g/mol. The van der Waals surface area contributed by atoms with Gasteiger partial charge in [0.25, 0.3) is 5.91 Å². The molecule has 1 aliphatic heterocycles. The molecule has 2 rings (SSSR count). The van der Waals surface area contributed by atoms with Crippen molar-refractivity contribution in [3.8, 4) is 0 Å². The summed E-state index contributed by atoms with van der Waals surface area (Å²) in [6.45, 7) is 10.7. The van der Waals surface area contributed by atoms with Gasteiger partial charge in [-0.2, -0.15) is 0 Å². The molecule has 1 aromatic rings. The van der Waals surface area contributed by atoms with E-state index in [2.05, 4.69) is 21.3 Å². The third kappa shape index (κ3) is 6.49. The van der Waals surface area contributed by atoms with Crippen molar-refractivity contribution in [3.05, 3.63) is 29.3 Å². The molecule has 0 radical (unpaired) electrons. The van der Waals surface area contributed by atoms with Crippen molar-refractivity contribution < 1.29 is 14.3 Å². The van der Waals surface area contributed by atoms with E-state index in [9.17, 15) is 9.59 Å². The average Bonchev–Trinajstić information content (AvgIpc) is 2.61. The average molecular weight is 391 g/mol. The standard InChI is InChI=1S/C21H34N4O3/c1-15-6-7-16(12-17(15)24-19(27)25-20(2,3)4)18(26)23-13-21(14-28-5)8-10-22-11-9-21/h6-7,12,22H,8-11,13-14H2,1-5H3,(H,23,26)(H2,24,25,27). The lowest BCUT2D eigenvalue weighted by atomic mass is 9.79. The summed E-state index contributed by atoms with van der Waals surface area (Å²) in [5, 5.41) is 12.1. The summed E-state index contributed by atoms with van der Waals surface area (Å²) in [4.78, 5) is 24.9. The van der Waals surface area contributed by atoms with E-state index in [0.717, 1.165) is 31.5 Å². The molecular formula is C21H34N4O3. The number of hydrogen-bond donors (Lipinski definition) is 4. The second kappa shape index (κ2) is 9.39. The molecule has 1 aromatic carbocycles. The molecule has 1 heterocycles. The number of rotatable bonds is 6. The van der Waals surface area contributed by atoms with Crippen LogP contribution in [-0.2, 0) is 4.74 Å². The molecule has 1 aliphatic rings. The van der Waals surface area contributed by atoms with Gasteiger partial charge in [-0.25, -0.2) is 4.79 Å². The first-order valence-corrected chi connectivity index (χ1v) is 9.82. The van der Waals surface area contributed by atoms with Crippen LogP contribution in [0.5, 0.6) is 0 Å². The molecular weight excluding hydrogens is 356 g/mol. The first kappa shape index (κ1) is 22.2. The number of aryl methyl sites for hydroxylation is 1. The molecule has 7 heteroatoms. The zero-order valence-electron chi connectivity index (χ0n) is 17.7. The third-order valence-electron chi connectivity index (χ3n) is 4.98. The van der Waals surface area contributed by atoms with E-state index in [4.69, 9.17) is 4.74 Å². The highest BCUT2D eigenvalue weighted by Gasteiger charge is 2.32. The maximum atomic E-state index is 12.7. The molecule has 0 atom stereocenters. The minimum absolute atomic E-state index is 0.0337. The topological polar surface area (TPSA) is 91.5 Å². The van der Waals surface area contributed by atoms with Crippen molar-refractivity contribution in [1.82, 2.24) is 16.0 Å². The molecule has 156 valence electrons. The fourth-order valence-corrected chi connectivity index (χ4v) is 3.40. The Bertz CT molecular complexity index is 686. The number of carbonyl (C=O) groups excluding carboxylic acids is 2. The van der Waals surface area contributed by atoms with E-state index in [0.29, 0.717) is 24.4 Å². The second-order valence-corrected chi connectivity index (χ2v) is 8.72. The summed E-state index contributed by atoms with van der Waals surface area (Å²) in [5.74, 6) is -0.145. The van der Waals surface area contributed by atoms with E-state index in [1.807, 2.05) is 33.8 Å². The fourth-order valence-electron chi connectivity index (χ4n) is 3.40. The van der Waals surface area contributed by atoms with Gasteiger partial charge >= 0.3 is 6.03 Å². The zero-order valence-corrected chi connectivity index (χ0v) is 17.7. The zero-order chi connectivity index (χ0) is 20.8. The number of urea groups is 1. The van der Waals surface area contributed by atoms with Crippen LogP contribution in [-0.4, -0.2) is 50.8 Å². The lowest BCUT2D eigenvalue weighted by Gasteiger charge is -2.37. The molecule has 0 saturated carbocycles. The first-order chi connectivity index (χ1) is 13.1. The highest BCUT2D eigenvalue weighted by Crippen LogP contribution is 2.28. The number of nitrogens with one attached hydrogen (secondary N) is 4. The number of carbonyl (C=O) groups is 2. The number of hydrogen-bond acceptors (Lipinski definition) is 4. The van der Waals surface area contributed by atoms with Gasteiger partial charge in [0.15, 0.2) is 0 Å². The van der Waals surface area contributed by atoms with Crippen LogP contribution < -0.4 is 21.3 Å². The van der Waals surface area contributed by atoms with Gasteiger partial charge in [0.2, 0.25) is 0 Å². The molecule has 1 fully saturated rings. The number of ether oxygens (including phenoxy) is 1. The Balaban J connectivity index is 2.04. The Labute approximate surface area is 168 Å². The minimum atomic E-state index is -0.336. The highest BCUT2D eigenvalue weighted by molar-refractivity contribution is 5.97. The van der Waals surface area contributed by atoms with E-state index in [-0.39, 0.29) is 22.9 Å². The van der Waals surface area contributed by atoms with Gasteiger partial charge in [-0.1, -0.05) is 6.07 Å². The Morgan fingerprint density at radius 2 is 1.89 bits per heavy atom. The minimum Gasteiger partial charge on any atom is -0.384 e. The summed E-state index contributed by atoms with van der Waals surface area (Å²) in [7, 11) is 1.70. The summed E-state index contributed by atoms with van der Waals surface area (Å²) >= 11 is 0. The molecule has 0 bridgehead atoms. The summed E-state index contributed by atoms with van der Waals surface area (Å²) in [6.07, 6.45) is 1.93. The Kier molecular flexibility index (Phi) is 7.43. The van der Waals surface area contributed by atoms with Crippen LogP contribution in [0.2, 0.25) is 0 Å². The predicted octanol–water partition coefficient (Wildman–Crippen LogP) is 2.66. The SMILES string of the molecule is COCC1(CNC(=O)c2ccc(C)c(NC(=O)NC(C)(C)C)c2)CCNCC1. The summed E-state index contributed by atoms with van der Waals surface area (Å²) in [6, 6.07) is 5.06. The fraction of sp³-hybridized carbons (Fsp3) is 0.619. The molecule has 7 nitrogen and oxygen atoms in total. The van der Waals surface area contributed by atoms with Crippen LogP contribution in [0, 0.1) is 12.3 Å². The number of amides is 3. The third-order valence-corrected chi connectivity index (χ3v) is 4.98. The number of piperidine rings is 1. The molecule has 0 aromatic heterocycles. The molecule has 0 spiro atoms. The van der Waals surface area contributed by atoms with E-state index < -0.39 is 0 Å². The van der Waals surface area contributed by atoms with Crippen molar-refractivity contribution in [2.75, 3.05) is 38.7 Å². The van der Waals surface area contributed by atoms with Gasteiger partial charge in [0, 0.05) is 35.9 Å². The Hall–Kier alpha value is -2.12. The largest absolute Gasteiger partial charge is 0.384 e. The molecule has 0 unspecified atom stereocenters. The van der Waals surface area contributed by atoms with Gasteiger partial charge in [0.1, 0.15) is 0 Å². The van der Waals surface area contributed by atoms with Gasteiger partial charge < -0.3 is 26.0 Å². The second-order valence-electron chi connectivity index (χ2n) is 8.72. The van der Waals surface area contributed by atoms with Gasteiger partial charge in [0.05, 0.1) is 6.61 Å². The number of methoxy groups -OCH3 is 1. The Morgan fingerprint density at radius 3 is 2.50 bits per heavy atom. The number of benzene rings is 1. The maximum absolute atomic E-state index is 12.7. The van der Waals surface area contributed by atoms with E-state index in [1.54, 1.807) is 19.2 Å². The van der Waals surface area contributed by atoms with Crippen LogP contribution in [0.4, 0.5) is 10.5 Å². The van der Waals surface area contributed by atoms with Crippen LogP contribution >= 0.6 is 0 Å².